The smallest absolute Gasteiger partial charge is 0.251 e. The first-order chi connectivity index (χ1) is 14.5. The lowest BCUT2D eigenvalue weighted by molar-refractivity contribution is -0.134. The van der Waals surface area contributed by atoms with Crippen LogP contribution in [0.25, 0.3) is 0 Å². The third kappa shape index (κ3) is 7.67. The number of benzene rings is 1. The predicted octanol–water partition coefficient (Wildman–Crippen LogP) is 3.68. The van der Waals surface area contributed by atoms with Crippen molar-refractivity contribution < 1.29 is 14.4 Å². The van der Waals surface area contributed by atoms with Gasteiger partial charge in [0.25, 0.3) is 5.91 Å². The summed E-state index contributed by atoms with van der Waals surface area (Å²) in [6.07, 6.45) is 2.73. The van der Waals surface area contributed by atoms with E-state index in [4.69, 9.17) is 0 Å². The highest BCUT2D eigenvalue weighted by atomic mass is 16.2. The third-order valence-corrected chi connectivity index (χ3v) is 5.93. The highest BCUT2D eigenvalue weighted by Gasteiger charge is 2.34. The molecule has 1 aromatic rings. The molecular weight excluding hydrogens is 390 g/mol. The van der Waals surface area contributed by atoms with Crippen molar-refractivity contribution in [1.82, 2.24) is 15.5 Å². The van der Waals surface area contributed by atoms with Crippen LogP contribution in [0.1, 0.15) is 76.2 Å². The van der Waals surface area contributed by atoms with Crippen LogP contribution in [0.2, 0.25) is 0 Å². The Bertz CT molecular complexity index is 759. The average Bonchev–Trinajstić information content (AvgIpc) is 2.71. The molecule has 0 spiro atoms. The van der Waals surface area contributed by atoms with Crippen LogP contribution >= 0.6 is 0 Å². The number of hydrogen-bond acceptors (Lipinski definition) is 3. The fourth-order valence-electron chi connectivity index (χ4n) is 3.81. The lowest BCUT2D eigenvalue weighted by Gasteiger charge is -2.37. The van der Waals surface area contributed by atoms with Crippen molar-refractivity contribution >= 4 is 17.7 Å². The Labute approximate surface area is 187 Å². The molecule has 1 heterocycles. The van der Waals surface area contributed by atoms with Crippen molar-refractivity contribution in [3.8, 4) is 0 Å². The molecule has 6 heteroatoms. The first-order valence-electron chi connectivity index (χ1n) is 11.5. The second-order valence-corrected chi connectivity index (χ2v) is 10.1. The molecule has 2 N–H and O–H groups in total. The van der Waals surface area contributed by atoms with Gasteiger partial charge in [-0.25, -0.2) is 0 Å². The molecule has 0 radical (unpaired) electrons. The maximum Gasteiger partial charge on any atom is 0.251 e. The van der Waals surface area contributed by atoms with Crippen LogP contribution < -0.4 is 10.6 Å². The van der Waals surface area contributed by atoms with Crippen LogP contribution in [0.4, 0.5) is 0 Å². The first-order valence-corrected chi connectivity index (χ1v) is 11.5. The zero-order valence-electron chi connectivity index (χ0n) is 20.0. The third-order valence-electron chi connectivity index (χ3n) is 5.93. The lowest BCUT2D eigenvalue weighted by atomic mass is 9.87. The number of carbonyl (C=O) groups excluding carboxylic acids is 3. The summed E-state index contributed by atoms with van der Waals surface area (Å²) < 4.78 is 0. The largest absolute Gasteiger partial charge is 0.352 e. The average molecular weight is 430 g/mol. The van der Waals surface area contributed by atoms with Crippen molar-refractivity contribution in [3.63, 3.8) is 0 Å². The molecule has 1 aliphatic heterocycles. The second kappa shape index (κ2) is 10.8. The van der Waals surface area contributed by atoms with Crippen LogP contribution in [0, 0.1) is 18.3 Å². The number of nitrogens with one attached hydrogen (secondary N) is 2. The normalized spacial score (nSPS) is 17.0. The molecule has 0 bridgehead atoms. The summed E-state index contributed by atoms with van der Waals surface area (Å²) in [7, 11) is 0. The van der Waals surface area contributed by atoms with E-state index in [0.717, 1.165) is 12.0 Å². The zero-order chi connectivity index (χ0) is 23.2. The van der Waals surface area contributed by atoms with E-state index >= 15 is 0 Å². The van der Waals surface area contributed by atoms with Gasteiger partial charge in [-0.3, -0.25) is 14.4 Å². The fourth-order valence-corrected chi connectivity index (χ4v) is 3.81. The molecule has 2 atom stereocenters. The number of aryl methyl sites for hydroxylation is 1. The first kappa shape index (κ1) is 24.9. The minimum absolute atomic E-state index is 0.00265. The van der Waals surface area contributed by atoms with Crippen molar-refractivity contribution in [1.29, 1.82) is 0 Å². The van der Waals surface area contributed by atoms with Gasteiger partial charge in [-0.05, 0) is 56.6 Å². The van der Waals surface area contributed by atoms with E-state index in [1.54, 1.807) is 12.1 Å². The summed E-state index contributed by atoms with van der Waals surface area (Å²) in [5.41, 5.74) is 1.58. The van der Waals surface area contributed by atoms with Gasteiger partial charge in [-0.15, -0.1) is 0 Å². The molecule has 1 saturated heterocycles. The van der Waals surface area contributed by atoms with E-state index < -0.39 is 6.04 Å². The number of rotatable bonds is 7. The Morgan fingerprint density at radius 2 is 1.65 bits per heavy atom. The maximum atomic E-state index is 13.0. The molecule has 31 heavy (non-hydrogen) atoms. The Hall–Kier alpha value is -2.37. The molecule has 2 rings (SSSR count). The Kier molecular flexibility index (Phi) is 8.66. The second-order valence-electron chi connectivity index (χ2n) is 10.1. The maximum absolute atomic E-state index is 13.0. The van der Waals surface area contributed by atoms with Crippen molar-refractivity contribution in [2.45, 2.75) is 79.3 Å². The summed E-state index contributed by atoms with van der Waals surface area (Å²) in [5.74, 6) is -0.225. The van der Waals surface area contributed by atoms with Gasteiger partial charge in [0, 0.05) is 31.1 Å². The van der Waals surface area contributed by atoms with Crippen molar-refractivity contribution in [2.24, 2.45) is 11.3 Å². The molecule has 0 aliphatic carbocycles. The SMILES string of the molecule is CC[C@H](C)NC(=O)[C@H](NC(=O)c1ccc(C)cc1)C1CCN(C(=O)CC(C)(C)C)CC1. The van der Waals surface area contributed by atoms with E-state index in [9.17, 15) is 14.4 Å². The molecule has 6 nitrogen and oxygen atoms in total. The van der Waals surface area contributed by atoms with Crippen LogP contribution in [0.5, 0.6) is 0 Å². The van der Waals surface area contributed by atoms with E-state index in [1.807, 2.05) is 37.8 Å². The summed E-state index contributed by atoms with van der Waals surface area (Å²) in [5, 5.41) is 6.00. The quantitative estimate of drug-likeness (QED) is 0.694. The van der Waals surface area contributed by atoms with Gasteiger partial charge in [0.1, 0.15) is 6.04 Å². The van der Waals surface area contributed by atoms with Crippen molar-refractivity contribution in [2.75, 3.05) is 13.1 Å². The molecule has 172 valence electrons. The van der Waals surface area contributed by atoms with E-state index in [-0.39, 0.29) is 35.1 Å². The number of amides is 3. The minimum atomic E-state index is -0.609. The number of likely N-dealkylation sites (tertiary alicyclic amines) is 1. The van der Waals surface area contributed by atoms with Gasteiger partial charge in [0.2, 0.25) is 11.8 Å². The molecule has 1 fully saturated rings. The van der Waals surface area contributed by atoms with E-state index in [0.29, 0.717) is 37.9 Å². The monoisotopic (exact) mass is 429 g/mol. The van der Waals surface area contributed by atoms with Gasteiger partial charge in [0.15, 0.2) is 0 Å². The van der Waals surface area contributed by atoms with Crippen LogP contribution in [0.15, 0.2) is 24.3 Å². The van der Waals surface area contributed by atoms with Crippen molar-refractivity contribution in [3.05, 3.63) is 35.4 Å². The number of nitrogens with zero attached hydrogens (tertiary/aromatic N) is 1. The van der Waals surface area contributed by atoms with Crippen LogP contribution in [0.3, 0.4) is 0 Å². The summed E-state index contributed by atoms with van der Waals surface area (Å²) >= 11 is 0. The molecule has 1 aliphatic rings. The number of piperidine rings is 1. The standard InChI is InChI=1S/C25H39N3O3/c1-7-18(3)26-24(31)22(27-23(30)20-10-8-17(2)9-11-20)19-12-14-28(15-13-19)21(29)16-25(4,5)6/h8-11,18-19,22H,7,12-16H2,1-6H3,(H,26,31)(H,27,30)/t18-,22+/m0/s1. The zero-order valence-corrected chi connectivity index (χ0v) is 20.0. The highest BCUT2D eigenvalue weighted by molar-refractivity contribution is 5.97. The van der Waals surface area contributed by atoms with Crippen LogP contribution in [-0.2, 0) is 9.59 Å². The van der Waals surface area contributed by atoms with E-state index in [1.165, 1.54) is 0 Å². The molecular formula is C25H39N3O3. The van der Waals surface area contributed by atoms with Gasteiger partial charge < -0.3 is 15.5 Å². The minimum Gasteiger partial charge on any atom is -0.352 e. The Morgan fingerprint density at radius 1 is 1.06 bits per heavy atom. The topological polar surface area (TPSA) is 78.5 Å². The fraction of sp³-hybridized carbons (Fsp3) is 0.640. The van der Waals surface area contributed by atoms with Gasteiger partial charge >= 0.3 is 0 Å². The summed E-state index contributed by atoms with van der Waals surface area (Å²) in [4.78, 5) is 40.3. The molecule has 1 aromatic carbocycles. The van der Waals surface area contributed by atoms with Gasteiger partial charge in [-0.1, -0.05) is 45.4 Å². The van der Waals surface area contributed by atoms with Crippen LogP contribution in [-0.4, -0.2) is 47.8 Å². The number of hydrogen-bond donors (Lipinski definition) is 2. The van der Waals surface area contributed by atoms with Gasteiger partial charge in [0.05, 0.1) is 0 Å². The van der Waals surface area contributed by atoms with E-state index in [2.05, 4.69) is 31.4 Å². The summed E-state index contributed by atoms with van der Waals surface area (Å²) in [6.45, 7) is 13.4. The molecule has 0 unspecified atom stereocenters. The predicted molar refractivity (Wildman–Crippen MR) is 124 cm³/mol. The summed E-state index contributed by atoms with van der Waals surface area (Å²) in [6, 6.07) is 6.78. The molecule has 3 amide bonds. The lowest BCUT2D eigenvalue weighted by Crippen LogP contribution is -2.55. The Morgan fingerprint density at radius 3 is 2.16 bits per heavy atom. The molecule has 0 saturated carbocycles. The Balaban J connectivity index is 2.08. The highest BCUT2D eigenvalue weighted by Crippen LogP contribution is 2.25. The van der Waals surface area contributed by atoms with Gasteiger partial charge in [-0.2, -0.15) is 0 Å². The number of carbonyl (C=O) groups is 3. The molecule has 0 aromatic heterocycles.